The number of hydrogen-bond donors (Lipinski definition) is 1. The summed E-state index contributed by atoms with van der Waals surface area (Å²) in [4.78, 5) is 2.18. The van der Waals surface area contributed by atoms with Gasteiger partial charge >= 0.3 is 6.18 Å². The Balaban J connectivity index is 1.75. The van der Waals surface area contributed by atoms with Gasteiger partial charge in [-0.2, -0.15) is 17.5 Å². The first-order valence-electron chi connectivity index (χ1n) is 9.16. The molecule has 0 unspecified atom stereocenters. The number of piperazine rings is 1. The molecule has 1 N–H and O–H groups in total. The Kier molecular flexibility index (Phi) is 5.68. The van der Waals surface area contributed by atoms with Crippen LogP contribution in [0.15, 0.2) is 59.5 Å². The summed E-state index contributed by atoms with van der Waals surface area (Å²) < 4.78 is 66.0. The van der Waals surface area contributed by atoms with E-state index in [1.165, 1.54) is 28.6 Å². The molecule has 158 valence electrons. The highest BCUT2D eigenvalue weighted by Crippen LogP contribution is 2.39. The molecule has 2 atom stereocenters. The highest BCUT2D eigenvalue weighted by atomic mass is 32.2. The standard InChI is InChI=1S/C20H23F3N2O3S/c1-15-14-24(29(27,28)18-6-4-3-5-7-18)12-13-25(15)17-10-8-16(9-11-17)19(2,26)20(21,22)23/h3-11,15,26H,12-14H2,1-2H3/t15-,19+/m0/s1. The van der Waals surface area contributed by atoms with E-state index in [9.17, 15) is 26.7 Å². The van der Waals surface area contributed by atoms with Gasteiger partial charge in [0.15, 0.2) is 5.60 Å². The molecule has 0 bridgehead atoms. The molecular weight excluding hydrogens is 405 g/mol. The number of benzene rings is 2. The van der Waals surface area contributed by atoms with Crippen molar-refractivity contribution in [3.63, 3.8) is 0 Å². The lowest BCUT2D eigenvalue weighted by Gasteiger charge is -2.40. The number of nitrogens with zero attached hydrogens (tertiary/aromatic N) is 2. The van der Waals surface area contributed by atoms with Gasteiger partial charge in [-0.15, -0.1) is 0 Å². The Hall–Kier alpha value is -2.10. The molecule has 0 amide bonds. The van der Waals surface area contributed by atoms with E-state index in [2.05, 4.69) is 0 Å². The predicted molar refractivity (Wildman–Crippen MR) is 104 cm³/mol. The third kappa shape index (κ3) is 4.12. The summed E-state index contributed by atoms with van der Waals surface area (Å²) in [5.41, 5.74) is -2.50. The minimum Gasteiger partial charge on any atom is -0.376 e. The topological polar surface area (TPSA) is 60.9 Å². The van der Waals surface area contributed by atoms with Crippen molar-refractivity contribution in [2.75, 3.05) is 24.5 Å². The van der Waals surface area contributed by atoms with Gasteiger partial charge in [-0.1, -0.05) is 30.3 Å². The summed E-state index contributed by atoms with van der Waals surface area (Å²) in [5.74, 6) is 0. The van der Waals surface area contributed by atoms with Gasteiger partial charge in [0.1, 0.15) is 0 Å². The van der Waals surface area contributed by atoms with Gasteiger partial charge in [0.25, 0.3) is 0 Å². The Bertz CT molecular complexity index is 945. The zero-order chi connectivity index (χ0) is 21.4. The largest absolute Gasteiger partial charge is 0.421 e. The minimum absolute atomic E-state index is 0.170. The molecule has 1 saturated heterocycles. The van der Waals surface area contributed by atoms with E-state index >= 15 is 0 Å². The molecule has 1 aliphatic heterocycles. The highest BCUT2D eigenvalue weighted by molar-refractivity contribution is 7.89. The fraction of sp³-hybridized carbons (Fsp3) is 0.400. The molecule has 0 aliphatic carbocycles. The molecule has 3 rings (SSSR count). The van der Waals surface area contributed by atoms with Gasteiger partial charge in [0, 0.05) is 31.4 Å². The van der Waals surface area contributed by atoms with Crippen molar-refractivity contribution < 1.29 is 26.7 Å². The predicted octanol–water partition coefficient (Wildman–Crippen LogP) is 3.36. The van der Waals surface area contributed by atoms with Gasteiger partial charge in [0.2, 0.25) is 10.0 Å². The van der Waals surface area contributed by atoms with Gasteiger partial charge in [-0.05, 0) is 43.7 Å². The molecule has 0 radical (unpaired) electrons. The second-order valence-corrected chi connectivity index (χ2v) is 9.27. The first-order chi connectivity index (χ1) is 13.4. The zero-order valence-corrected chi connectivity index (χ0v) is 16.9. The molecule has 9 heteroatoms. The second-order valence-electron chi connectivity index (χ2n) is 7.34. The molecule has 2 aromatic rings. The van der Waals surface area contributed by atoms with Crippen LogP contribution in [0, 0.1) is 0 Å². The Morgan fingerprint density at radius 1 is 1.00 bits per heavy atom. The number of rotatable bonds is 4. The van der Waals surface area contributed by atoms with E-state index in [-0.39, 0.29) is 29.6 Å². The van der Waals surface area contributed by atoms with Crippen molar-refractivity contribution in [1.82, 2.24) is 4.31 Å². The van der Waals surface area contributed by atoms with Crippen molar-refractivity contribution in [1.29, 1.82) is 0 Å². The van der Waals surface area contributed by atoms with Crippen molar-refractivity contribution in [2.24, 2.45) is 0 Å². The summed E-state index contributed by atoms with van der Waals surface area (Å²) >= 11 is 0. The fourth-order valence-corrected chi connectivity index (χ4v) is 4.94. The molecule has 0 saturated carbocycles. The third-order valence-corrected chi connectivity index (χ3v) is 7.16. The summed E-state index contributed by atoms with van der Waals surface area (Å²) in [5, 5.41) is 9.80. The maximum absolute atomic E-state index is 13.0. The molecule has 0 spiro atoms. The lowest BCUT2D eigenvalue weighted by atomic mass is 9.95. The van der Waals surface area contributed by atoms with Gasteiger partial charge in [-0.25, -0.2) is 8.42 Å². The molecule has 1 heterocycles. The minimum atomic E-state index is -4.78. The van der Waals surface area contributed by atoms with Crippen molar-refractivity contribution in [2.45, 2.75) is 36.6 Å². The fourth-order valence-electron chi connectivity index (χ4n) is 3.41. The van der Waals surface area contributed by atoms with Gasteiger partial charge in [-0.3, -0.25) is 0 Å². The van der Waals surface area contributed by atoms with Crippen LogP contribution in [0.1, 0.15) is 19.4 Å². The van der Waals surface area contributed by atoms with Crippen LogP contribution >= 0.6 is 0 Å². The number of aliphatic hydroxyl groups is 1. The lowest BCUT2D eigenvalue weighted by Crippen LogP contribution is -2.53. The van der Waals surface area contributed by atoms with Crippen LogP contribution in [0.2, 0.25) is 0 Å². The van der Waals surface area contributed by atoms with E-state index in [1.54, 1.807) is 30.3 Å². The molecule has 1 fully saturated rings. The van der Waals surface area contributed by atoms with Crippen molar-refractivity contribution >= 4 is 15.7 Å². The van der Waals surface area contributed by atoms with Crippen LogP contribution in [-0.2, 0) is 15.6 Å². The van der Waals surface area contributed by atoms with Crippen LogP contribution in [0.4, 0.5) is 18.9 Å². The van der Waals surface area contributed by atoms with Crippen molar-refractivity contribution in [3.8, 4) is 0 Å². The average molecular weight is 428 g/mol. The van der Waals surface area contributed by atoms with Crippen LogP contribution in [0.5, 0.6) is 0 Å². The Labute approximate surface area is 168 Å². The lowest BCUT2D eigenvalue weighted by molar-refractivity contribution is -0.258. The summed E-state index contributed by atoms with van der Waals surface area (Å²) in [7, 11) is -3.59. The number of hydrogen-bond acceptors (Lipinski definition) is 4. The van der Waals surface area contributed by atoms with Crippen LogP contribution in [-0.4, -0.2) is 49.7 Å². The molecule has 29 heavy (non-hydrogen) atoms. The Morgan fingerprint density at radius 2 is 1.59 bits per heavy atom. The Morgan fingerprint density at radius 3 is 2.10 bits per heavy atom. The van der Waals surface area contributed by atoms with E-state index < -0.39 is 21.8 Å². The summed E-state index contributed by atoms with van der Waals surface area (Å²) in [6.45, 7) is 3.52. The van der Waals surface area contributed by atoms with E-state index in [0.29, 0.717) is 12.2 Å². The quantitative estimate of drug-likeness (QED) is 0.811. The molecular formula is C20H23F3N2O3S. The van der Waals surface area contributed by atoms with Gasteiger partial charge in [0.05, 0.1) is 4.90 Å². The zero-order valence-electron chi connectivity index (χ0n) is 16.1. The SMILES string of the molecule is C[C@H]1CN(S(=O)(=O)c2ccccc2)CCN1c1ccc([C@@](C)(O)C(F)(F)F)cc1. The number of halogens is 3. The van der Waals surface area contributed by atoms with Crippen molar-refractivity contribution in [3.05, 3.63) is 60.2 Å². The summed E-state index contributed by atoms with van der Waals surface area (Å²) in [6, 6.07) is 13.6. The van der Waals surface area contributed by atoms with E-state index in [0.717, 1.165) is 6.92 Å². The van der Waals surface area contributed by atoms with Gasteiger partial charge < -0.3 is 10.0 Å². The average Bonchev–Trinajstić information content (AvgIpc) is 2.68. The molecule has 1 aliphatic rings. The first kappa shape index (κ1) is 21.6. The first-order valence-corrected chi connectivity index (χ1v) is 10.6. The molecule has 0 aromatic heterocycles. The number of anilines is 1. The smallest absolute Gasteiger partial charge is 0.376 e. The maximum Gasteiger partial charge on any atom is 0.421 e. The normalized spacial score (nSPS) is 21.0. The molecule has 2 aromatic carbocycles. The maximum atomic E-state index is 13.0. The monoisotopic (exact) mass is 428 g/mol. The highest BCUT2D eigenvalue weighted by Gasteiger charge is 2.51. The molecule has 5 nitrogen and oxygen atoms in total. The third-order valence-electron chi connectivity index (χ3n) is 5.28. The second kappa shape index (κ2) is 7.62. The van der Waals surface area contributed by atoms with E-state index in [4.69, 9.17) is 0 Å². The number of alkyl halides is 3. The summed E-state index contributed by atoms with van der Waals surface area (Å²) in [6.07, 6.45) is -4.78. The van der Waals surface area contributed by atoms with E-state index in [1.807, 2.05) is 11.8 Å². The van der Waals surface area contributed by atoms with Crippen LogP contribution in [0.25, 0.3) is 0 Å². The van der Waals surface area contributed by atoms with Crippen LogP contribution < -0.4 is 4.90 Å². The number of sulfonamides is 1. The van der Waals surface area contributed by atoms with Crippen LogP contribution in [0.3, 0.4) is 0 Å².